The van der Waals surface area contributed by atoms with Gasteiger partial charge < -0.3 is 9.84 Å². The first-order valence-corrected chi connectivity index (χ1v) is 12.5. The van der Waals surface area contributed by atoms with Crippen molar-refractivity contribution in [2.45, 2.75) is 38.1 Å². The largest absolute Gasteiger partial charge is 0.503 e. The number of benzene rings is 2. The molecule has 1 heterocycles. The van der Waals surface area contributed by atoms with E-state index >= 15 is 0 Å². The van der Waals surface area contributed by atoms with E-state index in [-0.39, 0.29) is 17.7 Å². The highest BCUT2D eigenvalue weighted by Gasteiger charge is 2.38. The van der Waals surface area contributed by atoms with Gasteiger partial charge in [0.1, 0.15) is 0 Å². The first kappa shape index (κ1) is 22.4. The summed E-state index contributed by atoms with van der Waals surface area (Å²) >= 11 is 8.29. The molecule has 0 spiro atoms. The number of phenols is 1. The molecule has 1 aliphatic heterocycles. The Bertz CT molecular complexity index is 1050. The number of ether oxygens (including phenoxy) is 1. The van der Waals surface area contributed by atoms with E-state index in [2.05, 4.69) is 31.9 Å². The van der Waals surface area contributed by atoms with E-state index in [1.54, 1.807) is 6.07 Å². The number of amides is 1. The molecule has 0 radical (unpaired) electrons. The molecule has 8 heteroatoms. The summed E-state index contributed by atoms with van der Waals surface area (Å²) in [6.45, 7) is 0. The van der Waals surface area contributed by atoms with Gasteiger partial charge >= 0.3 is 0 Å². The molecule has 1 aliphatic carbocycles. The Morgan fingerprint density at radius 2 is 1.87 bits per heavy atom. The highest BCUT2D eigenvalue weighted by atomic mass is 79.9. The number of methoxy groups -OCH3 is 1. The van der Waals surface area contributed by atoms with Crippen LogP contribution in [0.4, 0.5) is 5.69 Å². The number of aromatic hydroxyl groups is 1. The molecular weight excluding hydrogens is 544 g/mol. The molecule has 5 nitrogen and oxygen atoms in total. The molecule has 0 atom stereocenters. The topological polar surface area (TPSA) is 62.1 Å². The molecule has 1 saturated carbocycles. The van der Waals surface area contributed by atoms with Crippen LogP contribution in [-0.4, -0.2) is 34.2 Å². The number of hydrogen-bond acceptors (Lipinski definition) is 5. The van der Waals surface area contributed by atoms with Crippen LogP contribution in [0, 0.1) is 0 Å². The average Bonchev–Trinajstić information content (AvgIpc) is 3.09. The summed E-state index contributed by atoms with van der Waals surface area (Å²) in [5.74, 6) is 0.318. The molecule has 0 bridgehead atoms. The van der Waals surface area contributed by atoms with Crippen molar-refractivity contribution in [3.63, 3.8) is 0 Å². The fourth-order valence-electron chi connectivity index (χ4n) is 3.85. The van der Waals surface area contributed by atoms with Gasteiger partial charge in [-0.15, -0.1) is 0 Å². The predicted octanol–water partition coefficient (Wildman–Crippen LogP) is 6.86. The van der Waals surface area contributed by atoms with E-state index in [1.165, 1.54) is 25.3 Å². The summed E-state index contributed by atoms with van der Waals surface area (Å²) in [6.07, 6.45) is 7.29. The highest BCUT2D eigenvalue weighted by molar-refractivity contribution is 9.13. The number of halogens is 2. The van der Waals surface area contributed by atoms with Gasteiger partial charge in [0, 0.05) is 10.5 Å². The van der Waals surface area contributed by atoms with Crippen molar-refractivity contribution in [2.24, 2.45) is 4.99 Å². The third-order valence-electron chi connectivity index (χ3n) is 5.44. The van der Waals surface area contributed by atoms with E-state index < -0.39 is 0 Å². The second kappa shape index (κ2) is 9.79. The van der Waals surface area contributed by atoms with Gasteiger partial charge in [-0.3, -0.25) is 9.69 Å². The van der Waals surface area contributed by atoms with Crippen LogP contribution in [0.5, 0.6) is 11.5 Å². The molecule has 162 valence electrons. The zero-order valence-corrected chi connectivity index (χ0v) is 21.0. The van der Waals surface area contributed by atoms with Gasteiger partial charge in [-0.25, -0.2) is 4.99 Å². The predicted molar refractivity (Wildman–Crippen MR) is 133 cm³/mol. The van der Waals surface area contributed by atoms with Crippen LogP contribution in [0.25, 0.3) is 6.08 Å². The van der Waals surface area contributed by atoms with Crippen LogP contribution in [0.1, 0.15) is 37.7 Å². The van der Waals surface area contributed by atoms with Gasteiger partial charge in [0.05, 0.1) is 22.2 Å². The smallest absolute Gasteiger partial charge is 0.267 e. The molecule has 0 unspecified atom stereocenters. The lowest BCUT2D eigenvalue weighted by molar-refractivity contribution is -0.124. The molecule has 2 aromatic carbocycles. The third-order valence-corrected chi connectivity index (χ3v) is 8.58. The van der Waals surface area contributed by atoms with Crippen molar-refractivity contribution in [3.8, 4) is 11.5 Å². The van der Waals surface area contributed by atoms with Crippen molar-refractivity contribution in [3.05, 3.63) is 55.8 Å². The Morgan fingerprint density at radius 1 is 1.16 bits per heavy atom. The first-order valence-electron chi connectivity index (χ1n) is 10.1. The molecule has 1 amide bonds. The number of hydrogen-bond donors (Lipinski definition) is 1. The van der Waals surface area contributed by atoms with Crippen LogP contribution in [0.15, 0.2) is 55.2 Å². The van der Waals surface area contributed by atoms with Crippen molar-refractivity contribution in [1.82, 2.24) is 4.90 Å². The highest BCUT2D eigenvalue weighted by Crippen LogP contribution is 2.44. The van der Waals surface area contributed by atoms with Crippen molar-refractivity contribution in [1.29, 1.82) is 0 Å². The minimum Gasteiger partial charge on any atom is -0.503 e. The lowest BCUT2D eigenvalue weighted by atomic mass is 9.94. The molecule has 2 aromatic rings. The van der Waals surface area contributed by atoms with E-state index in [4.69, 9.17) is 9.73 Å². The van der Waals surface area contributed by atoms with Gasteiger partial charge in [0.15, 0.2) is 16.7 Å². The lowest BCUT2D eigenvalue weighted by Gasteiger charge is -2.30. The first-order chi connectivity index (χ1) is 15.0. The fourth-order valence-corrected chi connectivity index (χ4v) is 5.74. The number of nitrogens with zero attached hydrogens (tertiary/aromatic N) is 2. The quantitative estimate of drug-likeness (QED) is 0.411. The Kier molecular flexibility index (Phi) is 7.08. The summed E-state index contributed by atoms with van der Waals surface area (Å²) in [4.78, 5) is 20.8. The van der Waals surface area contributed by atoms with Crippen molar-refractivity contribution in [2.75, 3.05) is 7.11 Å². The van der Waals surface area contributed by atoms with Gasteiger partial charge in [0.2, 0.25) is 0 Å². The average molecular weight is 566 g/mol. The Hall–Kier alpha value is -1.77. The fraction of sp³-hybridized carbons (Fsp3) is 0.304. The molecule has 2 fully saturated rings. The SMILES string of the molecule is COc1cc(C=C2SC(=Nc3ccccc3)N(C3CCCCC3)C2=O)c(Br)c(Br)c1O. The standard InChI is InChI=1S/C23H22Br2N2O3S/c1-30-17-12-14(19(24)20(25)21(17)28)13-18-22(29)27(16-10-6-3-7-11-16)23(31-18)26-15-8-4-2-5-9-15/h2,4-5,8-9,12-13,16,28H,3,6-7,10-11H2,1H3. The number of aliphatic imine (C=N–C) groups is 1. The number of carbonyl (C=O) groups excluding carboxylic acids is 1. The van der Waals surface area contributed by atoms with Gasteiger partial charge in [-0.05, 0) is 86.3 Å². The minimum atomic E-state index is -0.0263. The summed E-state index contributed by atoms with van der Waals surface area (Å²) in [5.41, 5.74) is 1.57. The Labute approximate surface area is 202 Å². The van der Waals surface area contributed by atoms with Gasteiger partial charge in [-0.1, -0.05) is 37.5 Å². The third kappa shape index (κ3) is 4.71. The molecular formula is C23H22Br2N2O3S. The molecule has 0 aromatic heterocycles. The van der Waals surface area contributed by atoms with Crippen LogP contribution in [0.2, 0.25) is 0 Å². The number of thioether (sulfide) groups is 1. The van der Waals surface area contributed by atoms with Crippen LogP contribution in [-0.2, 0) is 4.79 Å². The summed E-state index contributed by atoms with van der Waals surface area (Å²) < 4.78 is 6.41. The minimum absolute atomic E-state index is 0.0112. The summed E-state index contributed by atoms with van der Waals surface area (Å²) in [6, 6.07) is 11.6. The second-order valence-electron chi connectivity index (χ2n) is 7.45. The van der Waals surface area contributed by atoms with E-state index in [0.29, 0.717) is 19.6 Å². The number of para-hydroxylation sites is 1. The molecule has 1 N–H and O–H groups in total. The number of carbonyl (C=O) groups is 1. The van der Waals surface area contributed by atoms with Crippen LogP contribution in [0.3, 0.4) is 0 Å². The Morgan fingerprint density at radius 3 is 2.55 bits per heavy atom. The zero-order chi connectivity index (χ0) is 22.0. The number of rotatable bonds is 4. The number of amidine groups is 1. The van der Waals surface area contributed by atoms with Crippen LogP contribution >= 0.6 is 43.6 Å². The zero-order valence-electron chi connectivity index (χ0n) is 17.0. The normalized spacial score (nSPS) is 20.1. The molecule has 4 rings (SSSR count). The molecule has 1 saturated heterocycles. The van der Waals surface area contributed by atoms with E-state index in [0.717, 1.165) is 42.1 Å². The summed E-state index contributed by atoms with van der Waals surface area (Å²) in [7, 11) is 1.50. The lowest BCUT2D eigenvalue weighted by Crippen LogP contribution is -2.40. The maximum Gasteiger partial charge on any atom is 0.267 e. The molecule has 2 aliphatic rings. The maximum atomic E-state index is 13.5. The van der Waals surface area contributed by atoms with Crippen molar-refractivity contribution >= 4 is 66.5 Å². The molecule has 31 heavy (non-hydrogen) atoms. The maximum absolute atomic E-state index is 13.5. The second-order valence-corrected chi connectivity index (χ2v) is 10.0. The van der Waals surface area contributed by atoms with Crippen molar-refractivity contribution < 1.29 is 14.6 Å². The van der Waals surface area contributed by atoms with E-state index in [1.807, 2.05) is 41.3 Å². The Balaban J connectivity index is 1.75. The van der Waals surface area contributed by atoms with Crippen LogP contribution < -0.4 is 4.74 Å². The number of phenolic OH excluding ortho intramolecular Hbond substituents is 1. The monoisotopic (exact) mass is 564 g/mol. The summed E-state index contributed by atoms with van der Waals surface area (Å²) in [5, 5.41) is 10.9. The van der Waals surface area contributed by atoms with Gasteiger partial charge in [0.25, 0.3) is 5.91 Å². The van der Waals surface area contributed by atoms with E-state index in [9.17, 15) is 9.90 Å². The van der Waals surface area contributed by atoms with Gasteiger partial charge in [-0.2, -0.15) is 0 Å².